The molecule has 0 bridgehead atoms. The fourth-order valence-corrected chi connectivity index (χ4v) is 3.60. The van der Waals surface area contributed by atoms with E-state index in [1.54, 1.807) is 0 Å². The Morgan fingerprint density at radius 2 is 2.00 bits per heavy atom. The van der Waals surface area contributed by atoms with E-state index in [4.69, 9.17) is 21.4 Å². The van der Waals surface area contributed by atoms with Crippen molar-refractivity contribution in [3.63, 3.8) is 0 Å². The molecule has 2 N–H and O–H groups in total. The Hall–Kier alpha value is -1.59. The zero-order chi connectivity index (χ0) is 17.7. The van der Waals surface area contributed by atoms with Gasteiger partial charge < -0.3 is 15.2 Å². The quantitative estimate of drug-likeness (QED) is 0.824. The van der Waals surface area contributed by atoms with Crippen molar-refractivity contribution in [1.82, 2.24) is 5.32 Å². The van der Waals surface area contributed by atoms with Crippen LogP contribution in [0.4, 0.5) is 0 Å². The number of hydrogen-bond donors (Lipinski definition) is 2. The van der Waals surface area contributed by atoms with E-state index < -0.39 is 11.5 Å². The van der Waals surface area contributed by atoms with Crippen LogP contribution in [0.1, 0.15) is 42.4 Å². The van der Waals surface area contributed by atoms with Crippen LogP contribution in [-0.2, 0) is 20.7 Å². The van der Waals surface area contributed by atoms with Crippen LogP contribution in [0, 0.1) is 13.8 Å². The molecule has 0 aromatic heterocycles. The third-order valence-corrected chi connectivity index (χ3v) is 4.76. The Balaban J connectivity index is 2.09. The number of ether oxygens (including phenoxy) is 1. The maximum atomic E-state index is 12.6. The normalized spacial score (nSPS) is 20.6. The Kier molecular flexibility index (Phi) is 6.24. The summed E-state index contributed by atoms with van der Waals surface area (Å²) in [5.41, 5.74) is 2.34. The SMILES string of the molecule is Cc1cc(Cl)cc(C)c1CC(=O)NC1(CCC(=O)O)CCCOC1. The number of aryl methyl sites for hydroxylation is 2. The number of carbonyl (C=O) groups is 2. The van der Waals surface area contributed by atoms with Crippen molar-refractivity contribution in [1.29, 1.82) is 0 Å². The van der Waals surface area contributed by atoms with Crippen molar-refractivity contribution in [2.75, 3.05) is 13.2 Å². The highest BCUT2D eigenvalue weighted by Gasteiger charge is 2.34. The van der Waals surface area contributed by atoms with Gasteiger partial charge in [0.2, 0.25) is 5.91 Å². The summed E-state index contributed by atoms with van der Waals surface area (Å²) < 4.78 is 5.51. The lowest BCUT2D eigenvalue weighted by Gasteiger charge is -2.37. The molecule has 1 atom stereocenters. The first-order chi connectivity index (χ1) is 11.3. The highest BCUT2D eigenvalue weighted by Crippen LogP contribution is 2.26. The lowest BCUT2D eigenvalue weighted by atomic mass is 9.87. The molecule has 2 rings (SSSR count). The van der Waals surface area contributed by atoms with Gasteiger partial charge in [0.1, 0.15) is 0 Å². The Morgan fingerprint density at radius 3 is 2.54 bits per heavy atom. The van der Waals surface area contributed by atoms with Crippen molar-refractivity contribution < 1.29 is 19.4 Å². The molecule has 132 valence electrons. The van der Waals surface area contributed by atoms with Crippen molar-refractivity contribution in [3.05, 3.63) is 33.8 Å². The summed E-state index contributed by atoms with van der Waals surface area (Å²) in [6, 6.07) is 3.70. The van der Waals surface area contributed by atoms with Gasteiger partial charge in [-0.05, 0) is 61.9 Å². The van der Waals surface area contributed by atoms with E-state index in [1.807, 2.05) is 26.0 Å². The Labute approximate surface area is 147 Å². The predicted octanol–water partition coefficient (Wildman–Crippen LogP) is 3.03. The van der Waals surface area contributed by atoms with Crippen molar-refractivity contribution in [2.45, 2.75) is 51.5 Å². The average Bonchev–Trinajstić information content (AvgIpc) is 2.50. The smallest absolute Gasteiger partial charge is 0.303 e. The molecule has 1 aliphatic rings. The maximum Gasteiger partial charge on any atom is 0.303 e. The van der Waals surface area contributed by atoms with E-state index in [9.17, 15) is 9.59 Å². The molecule has 5 nitrogen and oxygen atoms in total. The van der Waals surface area contributed by atoms with E-state index in [0.29, 0.717) is 24.7 Å². The monoisotopic (exact) mass is 353 g/mol. The van der Waals surface area contributed by atoms with Crippen molar-refractivity contribution in [3.8, 4) is 0 Å². The summed E-state index contributed by atoms with van der Waals surface area (Å²) in [5.74, 6) is -0.974. The number of aliphatic carboxylic acids is 1. The van der Waals surface area contributed by atoms with Crippen molar-refractivity contribution >= 4 is 23.5 Å². The van der Waals surface area contributed by atoms with Gasteiger partial charge in [0.15, 0.2) is 0 Å². The fraction of sp³-hybridized carbons (Fsp3) is 0.556. The highest BCUT2D eigenvalue weighted by atomic mass is 35.5. The molecule has 1 heterocycles. The number of amides is 1. The van der Waals surface area contributed by atoms with Crippen LogP contribution in [0.5, 0.6) is 0 Å². The van der Waals surface area contributed by atoms with E-state index in [-0.39, 0.29) is 18.7 Å². The summed E-state index contributed by atoms with van der Waals surface area (Å²) in [7, 11) is 0. The second kappa shape index (κ2) is 7.99. The first kappa shape index (κ1) is 18.7. The topological polar surface area (TPSA) is 75.6 Å². The molecule has 1 unspecified atom stereocenters. The summed E-state index contributed by atoms with van der Waals surface area (Å²) in [4.78, 5) is 23.5. The largest absolute Gasteiger partial charge is 0.481 e. The van der Waals surface area contributed by atoms with Crippen molar-refractivity contribution in [2.24, 2.45) is 0 Å². The molecule has 0 aliphatic carbocycles. The third-order valence-electron chi connectivity index (χ3n) is 4.54. The number of rotatable bonds is 6. The van der Waals surface area contributed by atoms with Crippen LogP contribution in [0.2, 0.25) is 5.02 Å². The average molecular weight is 354 g/mol. The summed E-state index contributed by atoms with van der Waals surface area (Å²) >= 11 is 6.03. The van der Waals surface area contributed by atoms with Gasteiger partial charge in [-0.2, -0.15) is 0 Å². The lowest BCUT2D eigenvalue weighted by Crippen LogP contribution is -2.54. The molecular weight excluding hydrogens is 330 g/mol. The zero-order valence-electron chi connectivity index (χ0n) is 14.2. The number of carbonyl (C=O) groups excluding carboxylic acids is 1. The maximum absolute atomic E-state index is 12.6. The number of halogens is 1. The first-order valence-corrected chi connectivity index (χ1v) is 8.55. The second-order valence-electron chi connectivity index (χ2n) is 6.57. The molecule has 24 heavy (non-hydrogen) atoms. The van der Waals surface area contributed by atoms with E-state index in [1.165, 1.54) is 0 Å². The molecular formula is C18H24ClNO4. The number of hydrogen-bond acceptors (Lipinski definition) is 3. The highest BCUT2D eigenvalue weighted by molar-refractivity contribution is 6.30. The van der Waals surface area contributed by atoms with E-state index >= 15 is 0 Å². The molecule has 0 saturated carbocycles. The van der Waals surface area contributed by atoms with Crippen LogP contribution in [-0.4, -0.2) is 35.7 Å². The molecule has 6 heteroatoms. The van der Waals surface area contributed by atoms with Gasteiger partial charge >= 0.3 is 5.97 Å². The van der Waals surface area contributed by atoms with Crippen LogP contribution < -0.4 is 5.32 Å². The van der Waals surface area contributed by atoms with E-state index in [0.717, 1.165) is 29.5 Å². The zero-order valence-corrected chi connectivity index (χ0v) is 14.9. The molecule has 1 amide bonds. The third kappa shape index (κ3) is 4.95. The van der Waals surface area contributed by atoms with Gasteiger partial charge in [-0.1, -0.05) is 11.6 Å². The number of carboxylic acids is 1. The molecule has 1 aliphatic heterocycles. The first-order valence-electron chi connectivity index (χ1n) is 8.17. The van der Waals surface area contributed by atoms with Gasteiger partial charge in [-0.25, -0.2) is 0 Å². The number of carboxylic acid groups (broad SMARTS) is 1. The van der Waals surface area contributed by atoms with Crippen LogP contribution in [0.25, 0.3) is 0 Å². The second-order valence-corrected chi connectivity index (χ2v) is 7.01. The fourth-order valence-electron chi connectivity index (χ4n) is 3.28. The minimum atomic E-state index is -0.862. The summed E-state index contributed by atoms with van der Waals surface area (Å²) in [6.07, 6.45) is 2.21. The Bertz CT molecular complexity index is 600. The van der Waals surface area contributed by atoms with Crippen LogP contribution >= 0.6 is 11.6 Å². The minimum Gasteiger partial charge on any atom is -0.481 e. The van der Waals surface area contributed by atoms with Crippen LogP contribution in [0.3, 0.4) is 0 Å². The Morgan fingerprint density at radius 1 is 1.33 bits per heavy atom. The summed E-state index contributed by atoms with van der Waals surface area (Å²) in [5, 5.41) is 12.7. The molecule has 1 aromatic carbocycles. The minimum absolute atomic E-state index is 0.0165. The van der Waals surface area contributed by atoms with Gasteiger partial charge in [0, 0.05) is 18.1 Å². The van der Waals surface area contributed by atoms with Crippen LogP contribution in [0.15, 0.2) is 12.1 Å². The van der Waals surface area contributed by atoms with Gasteiger partial charge in [0.05, 0.1) is 18.6 Å². The lowest BCUT2D eigenvalue weighted by molar-refractivity contribution is -0.138. The molecule has 0 spiro atoms. The molecule has 1 saturated heterocycles. The van der Waals surface area contributed by atoms with E-state index in [2.05, 4.69) is 5.32 Å². The van der Waals surface area contributed by atoms with Gasteiger partial charge in [-0.3, -0.25) is 9.59 Å². The molecule has 1 aromatic rings. The van der Waals surface area contributed by atoms with Gasteiger partial charge in [-0.15, -0.1) is 0 Å². The molecule has 1 fully saturated rings. The summed E-state index contributed by atoms with van der Waals surface area (Å²) in [6.45, 7) is 4.89. The standard InChI is InChI=1S/C18H24ClNO4/c1-12-8-14(19)9-13(2)15(12)10-16(21)20-18(6-4-17(22)23)5-3-7-24-11-18/h8-9H,3-7,10-11H2,1-2H3,(H,20,21)(H,22,23). The molecule has 0 radical (unpaired) electrons. The predicted molar refractivity (Wildman–Crippen MR) is 92.4 cm³/mol. The van der Waals surface area contributed by atoms with Gasteiger partial charge in [0.25, 0.3) is 0 Å². The number of benzene rings is 1. The number of nitrogens with one attached hydrogen (secondary N) is 1.